The number of rotatable bonds is 4. The zero-order chi connectivity index (χ0) is 13.5. The Kier molecular flexibility index (Phi) is 5.63. The van der Waals surface area contributed by atoms with Crippen molar-refractivity contribution >= 4 is 11.8 Å². The molecule has 2 heterocycles. The van der Waals surface area contributed by atoms with Gasteiger partial charge in [0.25, 0.3) is 0 Å². The summed E-state index contributed by atoms with van der Waals surface area (Å²) < 4.78 is 5.52. The highest BCUT2D eigenvalue weighted by molar-refractivity contribution is 5.84. The van der Waals surface area contributed by atoms with Gasteiger partial charge >= 0.3 is 0 Å². The maximum Gasteiger partial charge on any atom is 0.241 e. The van der Waals surface area contributed by atoms with Crippen LogP contribution in [0.3, 0.4) is 0 Å². The molecule has 2 rings (SSSR count). The fourth-order valence-electron chi connectivity index (χ4n) is 2.68. The van der Waals surface area contributed by atoms with Crippen LogP contribution in [0.2, 0.25) is 0 Å². The Morgan fingerprint density at radius 2 is 1.89 bits per heavy atom. The second-order valence-corrected chi connectivity index (χ2v) is 5.41. The molecule has 2 saturated heterocycles. The summed E-state index contributed by atoms with van der Waals surface area (Å²) in [4.78, 5) is 25.5. The number of hydrogen-bond acceptors (Lipinski definition) is 3. The van der Waals surface area contributed by atoms with Crippen molar-refractivity contribution < 1.29 is 14.3 Å². The van der Waals surface area contributed by atoms with Crippen molar-refractivity contribution in [2.75, 3.05) is 26.2 Å². The predicted octanol–water partition coefficient (Wildman–Crippen LogP) is 1.07. The summed E-state index contributed by atoms with van der Waals surface area (Å²) in [6.07, 6.45) is 6.95. The molecule has 1 unspecified atom stereocenters. The van der Waals surface area contributed by atoms with Gasteiger partial charge in [0, 0.05) is 19.7 Å². The summed E-state index contributed by atoms with van der Waals surface area (Å²) in [6, 6.07) is 0. The number of carbonyl (C=O) groups excluding carboxylic acids is 2. The van der Waals surface area contributed by atoms with Gasteiger partial charge in [-0.15, -0.1) is 0 Å². The molecule has 5 nitrogen and oxygen atoms in total. The topological polar surface area (TPSA) is 58.6 Å². The average Bonchev–Trinajstić information content (AvgIpc) is 2.47. The molecule has 0 bridgehead atoms. The first-order valence-electron chi connectivity index (χ1n) is 7.42. The third-order valence-electron chi connectivity index (χ3n) is 3.83. The maximum absolute atomic E-state index is 11.9. The first kappa shape index (κ1) is 14.3. The molecular weight excluding hydrogens is 244 g/mol. The minimum absolute atomic E-state index is 0.0395. The van der Waals surface area contributed by atoms with Gasteiger partial charge in [0.15, 0.2) is 0 Å². The van der Waals surface area contributed by atoms with E-state index < -0.39 is 0 Å². The van der Waals surface area contributed by atoms with Gasteiger partial charge in [-0.25, -0.2) is 0 Å². The number of carbonyl (C=O) groups is 2. The Bertz CT molecular complexity index is 308. The van der Waals surface area contributed by atoms with Crippen LogP contribution >= 0.6 is 0 Å². The Morgan fingerprint density at radius 3 is 2.58 bits per heavy atom. The van der Waals surface area contributed by atoms with Crippen molar-refractivity contribution in [2.45, 2.75) is 51.0 Å². The van der Waals surface area contributed by atoms with Crippen molar-refractivity contribution in [1.29, 1.82) is 0 Å². The number of likely N-dealkylation sites (tertiary alicyclic amines) is 1. The zero-order valence-corrected chi connectivity index (χ0v) is 11.5. The minimum Gasteiger partial charge on any atom is -0.378 e. The molecule has 108 valence electrons. The number of piperidine rings is 1. The molecule has 0 radical (unpaired) electrons. The first-order chi connectivity index (χ1) is 9.25. The van der Waals surface area contributed by atoms with Crippen molar-refractivity contribution in [3.05, 3.63) is 0 Å². The second kappa shape index (κ2) is 7.48. The standard InChI is InChI=1S/C14H24N2O3/c17-13(10-12-6-2-5-9-19-12)15-11-14(18)16-7-3-1-4-8-16/h12H,1-11H2,(H,15,17). The van der Waals surface area contributed by atoms with E-state index in [2.05, 4.69) is 5.32 Å². The minimum atomic E-state index is -0.0720. The maximum atomic E-state index is 11.9. The van der Waals surface area contributed by atoms with Crippen molar-refractivity contribution in [3.8, 4) is 0 Å². The average molecular weight is 268 g/mol. The fraction of sp³-hybridized carbons (Fsp3) is 0.857. The van der Waals surface area contributed by atoms with Crippen LogP contribution in [0, 0.1) is 0 Å². The normalized spacial score (nSPS) is 24.0. The quantitative estimate of drug-likeness (QED) is 0.830. The van der Waals surface area contributed by atoms with Gasteiger partial charge in [0.2, 0.25) is 11.8 Å². The third-order valence-corrected chi connectivity index (χ3v) is 3.83. The van der Waals surface area contributed by atoms with Crippen LogP contribution in [-0.2, 0) is 14.3 Å². The number of nitrogens with zero attached hydrogens (tertiary/aromatic N) is 1. The van der Waals surface area contributed by atoms with Crippen molar-refractivity contribution in [1.82, 2.24) is 10.2 Å². The summed E-state index contributed by atoms with van der Waals surface area (Å²) in [6.45, 7) is 2.55. The number of nitrogens with one attached hydrogen (secondary N) is 1. The summed E-state index contributed by atoms with van der Waals surface area (Å²) >= 11 is 0. The van der Waals surface area contributed by atoms with Crippen molar-refractivity contribution in [3.63, 3.8) is 0 Å². The molecule has 0 saturated carbocycles. The highest BCUT2D eigenvalue weighted by Gasteiger charge is 2.20. The fourth-order valence-corrected chi connectivity index (χ4v) is 2.68. The SMILES string of the molecule is O=C(CC1CCCCO1)NCC(=O)N1CCCCC1. The van der Waals surface area contributed by atoms with E-state index in [9.17, 15) is 9.59 Å². The lowest BCUT2D eigenvalue weighted by atomic mass is 10.1. The number of hydrogen-bond donors (Lipinski definition) is 1. The van der Waals surface area contributed by atoms with Gasteiger partial charge in [-0.3, -0.25) is 9.59 Å². The molecule has 0 spiro atoms. The van der Waals surface area contributed by atoms with Crippen LogP contribution in [0.4, 0.5) is 0 Å². The summed E-state index contributed by atoms with van der Waals surface area (Å²) in [5.74, 6) is -0.0325. The largest absolute Gasteiger partial charge is 0.378 e. The lowest BCUT2D eigenvalue weighted by Gasteiger charge is -2.27. The molecule has 5 heteroatoms. The molecule has 0 aromatic rings. The van der Waals surface area contributed by atoms with Crippen LogP contribution in [-0.4, -0.2) is 49.1 Å². The Labute approximate surface area is 114 Å². The summed E-state index contributed by atoms with van der Waals surface area (Å²) in [5, 5.41) is 2.72. The highest BCUT2D eigenvalue weighted by atomic mass is 16.5. The summed E-state index contributed by atoms with van der Waals surface area (Å²) in [7, 11) is 0. The molecule has 2 fully saturated rings. The van der Waals surface area contributed by atoms with E-state index in [1.54, 1.807) is 0 Å². The molecule has 1 atom stereocenters. The predicted molar refractivity (Wildman–Crippen MR) is 71.6 cm³/mol. The highest BCUT2D eigenvalue weighted by Crippen LogP contribution is 2.15. The van der Waals surface area contributed by atoms with Gasteiger partial charge in [0.1, 0.15) is 0 Å². The molecule has 1 N–H and O–H groups in total. The second-order valence-electron chi connectivity index (χ2n) is 5.41. The van der Waals surface area contributed by atoms with E-state index in [1.165, 1.54) is 6.42 Å². The van der Waals surface area contributed by atoms with Crippen LogP contribution in [0.1, 0.15) is 44.9 Å². The number of amides is 2. The van der Waals surface area contributed by atoms with Crippen molar-refractivity contribution in [2.24, 2.45) is 0 Å². The molecule has 19 heavy (non-hydrogen) atoms. The van der Waals surface area contributed by atoms with Crippen LogP contribution in [0.5, 0.6) is 0 Å². The Hall–Kier alpha value is -1.10. The van der Waals surface area contributed by atoms with Crippen LogP contribution in [0.15, 0.2) is 0 Å². The van der Waals surface area contributed by atoms with Gasteiger partial charge < -0.3 is 15.0 Å². The zero-order valence-electron chi connectivity index (χ0n) is 11.5. The van der Waals surface area contributed by atoms with Crippen LogP contribution in [0.25, 0.3) is 0 Å². The van der Waals surface area contributed by atoms with Gasteiger partial charge in [-0.2, -0.15) is 0 Å². The molecular formula is C14H24N2O3. The first-order valence-corrected chi connectivity index (χ1v) is 7.42. The monoisotopic (exact) mass is 268 g/mol. The van der Waals surface area contributed by atoms with E-state index in [4.69, 9.17) is 4.74 Å². The number of ether oxygens (including phenoxy) is 1. The molecule has 2 amide bonds. The van der Waals surface area contributed by atoms with E-state index in [1.807, 2.05) is 4.90 Å². The lowest BCUT2D eigenvalue weighted by Crippen LogP contribution is -2.43. The molecule has 0 aliphatic carbocycles. The van der Waals surface area contributed by atoms with E-state index in [-0.39, 0.29) is 24.5 Å². The van der Waals surface area contributed by atoms with Gasteiger partial charge in [-0.05, 0) is 38.5 Å². The molecule has 0 aromatic heterocycles. The van der Waals surface area contributed by atoms with Gasteiger partial charge in [0.05, 0.1) is 19.1 Å². The molecule has 2 aliphatic heterocycles. The Morgan fingerprint density at radius 1 is 1.11 bits per heavy atom. The van der Waals surface area contributed by atoms with E-state index in [0.717, 1.165) is 51.8 Å². The van der Waals surface area contributed by atoms with E-state index in [0.29, 0.717) is 6.42 Å². The third kappa shape index (κ3) is 4.82. The molecule has 2 aliphatic rings. The lowest BCUT2D eigenvalue weighted by molar-refractivity contribution is -0.134. The smallest absolute Gasteiger partial charge is 0.241 e. The molecule has 0 aromatic carbocycles. The Balaban J connectivity index is 1.63. The van der Waals surface area contributed by atoms with Crippen LogP contribution < -0.4 is 5.32 Å². The van der Waals surface area contributed by atoms with Gasteiger partial charge in [-0.1, -0.05) is 0 Å². The summed E-state index contributed by atoms with van der Waals surface area (Å²) in [5.41, 5.74) is 0. The van der Waals surface area contributed by atoms with E-state index >= 15 is 0 Å².